The third-order valence-electron chi connectivity index (χ3n) is 5.96. The predicted octanol–water partition coefficient (Wildman–Crippen LogP) is 8.80. The topological polar surface area (TPSA) is 52.6 Å². The van der Waals surface area contributed by atoms with Crippen LogP contribution in [0.25, 0.3) is 0 Å². The molecule has 0 radical (unpaired) electrons. The van der Waals surface area contributed by atoms with E-state index in [1.165, 1.54) is 76.0 Å². The van der Waals surface area contributed by atoms with Crippen molar-refractivity contribution in [2.75, 3.05) is 6.61 Å². The SMILES string of the molecule is CCCCCCCCCCCCCCOC(=O)c1ccccc1C(=O)OCc1cc(F)ccc1Br. The fraction of sp³-hybridized carbons (Fsp3) is 0.517. The summed E-state index contributed by atoms with van der Waals surface area (Å²) in [6.07, 6.45) is 14.9. The summed E-state index contributed by atoms with van der Waals surface area (Å²) in [5, 5.41) is 0. The molecule has 35 heavy (non-hydrogen) atoms. The van der Waals surface area contributed by atoms with E-state index in [0.717, 1.165) is 19.3 Å². The van der Waals surface area contributed by atoms with Crippen LogP contribution in [0.3, 0.4) is 0 Å². The Morgan fingerprint density at radius 3 is 1.83 bits per heavy atom. The molecule has 0 heterocycles. The van der Waals surface area contributed by atoms with Gasteiger partial charge in [0.1, 0.15) is 12.4 Å². The molecule has 2 aromatic rings. The van der Waals surface area contributed by atoms with E-state index < -0.39 is 17.8 Å². The van der Waals surface area contributed by atoms with Crippen LogP contribution < -0.4 is 0 Å². The molecule has 0 fully saturated rings. The second-order valence-corrected chi connectivity index (χ2v) is 9.74. The first-order valence-electron chi connectivity index (χ1n) is 12.9. The van der Waals surface area contributed by atoms with E-state index in [2.05, 4.69) is 22.9 Å². The van der Waals surface area contributed by atoms with Crippen molar-refractivity contribution in [1.82, 2.24) is 0 Å². The van der Waals surface area contributed by atoms with Crippen LogP contribution in [0.1, 0.15) is 110 Å². The highest BCUT2D eigenvalue weighted by Gasteiger charge is 2.19. The van der Waals surface area contributed by atoms with Crippen LogP contribution in [0, 0.1) is 5.82 Å². The highest BCUT2D eigenvalue weighted by Crippen LogP contribution is 2.20. The Morgan fingerprint density at radius 2 is 1.26 bits per heavy atom. The number of rotatable bonds is 17. The predicted molar refractivity (Wildman–Crippen MR) is 141 cm³/mol. The van der Waals surface area contributed by atoms with Crippen LogP contribution in [0.5, 0.6) is 0 Å². The molecular formula is C29H38BrFO4. The van der Waals surface area contributed by atoms with Crippen molar-refractivity contribution >= 4 is 27.9 Å². The van der Waals surface area contributed by atoms with Crippen LogP contribution in [-0.2, 0) is 16.1 Å². The minimum atomic E-state index is -0.654. The van der Waals surface area contributed by atoms with Crippen molar-refractivity contribution in [3.8, 4) is 0 Å². The average Bonchev–Trinajstić information content (AvgIpc) is 2.87. The molecule has 0 N–H and O–H groups in total. The van der Waals surface area contributed by atoms with Crippen molar-refractivity contribution < 1.29 is 23.5 Å². The summed E-state index contributed by atoms with van der Waals surface area (Å²) in [6.45, 7) is 2.46. The highest BCUT2D eigenvalue weighted by atomic mass is 79.9. The number of benzene rings is 2. The Balaban J connectivity index is 1.66. The first kappa shape index (κ1) is 29.0. The number of carbonyl (C=O) groups excluding carboxylic acids is 2. The van der Waals surface area contributed by atoms with Crippen LogP contribution in [0.15, 0.2) is 46.9 Å². The molecule has 0 aromatic heterocycles. The van der Waals surface area contributed by atoms with Gasteiger partial charge >= 0.3 is 11.9 Å². The Hall–Kier alpha value is -2.21. The number of hydrogen-bond donors (Lipinski definition) is 0. The molecule has 2 rings (SSSR count). The molecule has 0 atom stereocenters. The number of esters is 2. The van der Waals surface area contributed by atoms with Gasteiger partial charge in [0.15, 0.2) is 0 Å². The monoisotopic (exact) mass is 548 g/mol. The van der Waals surface area contributed by atoms with Gasteiger partial charge in [-0.05, 0) is 36.8 Å². The van der Waals surface area contributed by atoms with Gasteiger partial charge in [-0.15, -0.1) is 0 Å². The third-order valence-corrected chi connectivity index (χ3v) is 6.74. The Bertz CT molecular complexity index is 915. The normalized spacial score (nSPS) is 10.8. The fourth-order valence-corrected chi connectivity index (χ4v) is 4.26. The lowest BCUT2D eigenvalue weighted by Gasteiger charge is -2.11. The van der Waals surface area contributed by atoms with E-state index in [0.29, 0.717) is 16.6 Å². The minimum absolute atomic E-state index is 0.112. The number of unbranched alkanes of at least 4 members (excludes halogenated alkanes) is 11. The molecule has 0 saturated carbocycles. The smallest absolute Gasteiger partial charge is 0.339 e. The number of hydrogen-bond acceptors (Lipinski definition) is 4. The summed E-state index contributed by atoms with van der Waals surface area (Å²) in [5.74, 6) is -1.60. The third kappa shape index (κ3) is 11.4. The number of halogens is 2. The minimum Gasteiger partial charge on any atom is -0.462 e. The standard InChI is InChI=1S/C29H38BrFO4/c1-2-3-4-5-6-7-8-9-10-11-12-15-20-34-28(32)25-16-13-14-17-26(25)29(33)35-22-23-21-24(31)18-19-27(23)30/h13-14,16-19,21H,2-12,15,20,22H2,1H3. The molecule has 0 unspecified atom stereocenters. The van der Waals surface area contributed by atoms with Gasteiger partial charge in [-0.2, -0.15) is 0 Å². The molecule has 0 spiro atoms. The molecule has 6 heteroatoms. The lowest BCUT2D eigenvalue weighted by atomic mass is 10.1. The summed E-state index contributed by atoms with van der Waals surface area (Å²) < 4.78 is 24.8. The van der Waals surface area contributed by atoms with Gasteiger partial charge in [0.2, 0.25) is 0 Å². The van der Waals surface area contributed by atoms with Gasteiger partial charge < -0.3 is 9.47 Å². The highest BCUT2D eigenvalue weighted by molar-refractivity contribution is 9.10. The quantitative estimate of drug-likeness (QED) is 0.146. The van der Waals surface area contributed by atoms with Gasteiger partial charge in [-0.25, -0.2) is 14.0 Å². The summed E-state index contributed by atoms with van der Waals surface area (Å²) in [6, 6.07) is 10.6. The van der Waals surface area contributed by atoms with E-state index in [4.69, 9.17) is 9.47 Å². The van der Waals surface area contributed by atoms with Crippen LogP contribution >= 0.6 is 15.9 Å². The summed E-state index contributed by atoms with van der Waals surface area (Å²) >= 11 is 3.31. The fourth-order valence-electron chi connectivity index (χ4n) is 3.90. The maximum Gasteiger partial charge on any atom is 0.339 e. The Labute approximate surface area is 217 Å². The number of carbonyl (C=O) groups is 2. The van der Waals surface area contributed by atoms with E-state index in [-0.39, 0.29) is 17.7 Å². The number of ether oxygens (including phenoxy) is 2. The molecule has 0 amide bonds. The van der Waals surface area contributed by atoms with Crippen molar-refractivity contribution in [1.29, 1.82) is 0 Å². The summed E-state index contributed by atoms with van der Waals surface area (Å²) in [7, 11) is 0. The molecule has 0 aliphatic heterocycles. The first-order valence-corrected chi connectivity index (χ1v) is 13.7. The summed E-state index contributed by atoms with van der Waals surface area (Å²) in [5.41, 5.74) is 0.819. The van der Waals surface area contributed by atoms with Crippen molar-refractivity contribution in [2.24, 2.45) is 0 Å². The second kappa shape index (κ2) is 17.3. The van der Waals surface area contributed by atoms with E-state index in [9.17, 15) is 14.0 Å². The molecule has 0 bridgehead atoms. The molecule has 2 aromatic carbocycles. The van der Waals surface area contributed by atoms with E-state index in [1.807, 2.05) is 0 Å². The van der Waals surface area contributed by atoms with Gasteiger partial charge in [-0.3, -0.25) is 0 Å². The van der Waals surface area contributed by atoms with Crippen LogP contribution in [-0.4, -0.2) is 18.5 Å². The Kier molecular flexibility index (Phi) is 14.3. The van der Waals surface area contributed by atoms with E-state index >= 15 is 0 Å². The molecule has 0 aliphatic rings. The van der Waals surface area contributed by atoms with Crippen molar-refractivity contribution in [3.05, 3.63) is 69.4 Å². The molecule has 0 saturated heterocycles. The van der Waals surface area contributed by atoms with Gasteiger partial charge in [0, 0.05) is 10.0 Å². The zero-order valence-corrected chi connectivity index (χ0v) is 22.4. The Morgan fingerprint density at radius 1 is 0.743 bits per heavy atom. The van der Waals surface area contributed by atoms with Crippen molar-refractivity contribution in [3.63, 3.8) is 0 Å². The zero-order chi connectivity index (χ0) is 25.3. The van der Waals surface area contributed by atoms with Gasteiger partial charge in [0.05, 0.1) is 17.7 Å². The van der Waals surface area contributed by atoms with Gasteiger partial charge in [0.25, 0.3) is 0 Å². The average molecular weight is 550 g/mol. The molecule has 4 nitrogen and oxygen atoms in total. The lowest BCUT2D eigenvalue weighted by molar-refractivity contribution is 0.0435. The van der Waals surface area contributed by atoms with Crippen LogP contribution in [0.2, 0.25) is 0 Å². The lowest BCUT2D eigenvalue weighted by Crippen LogP contribution is -2.14. The largest absolute Gasteiger partial charge is 0.462 e. The maximum atomic E-state index is 13.5. The molecule has 192 valence electrons. The zero-order valence-electron chi connectivity index (χ0n) is 20.8. The van der Waals surface area contributed by atoms with Crippen LogP contribution in [0.4, 0.5) is 4.39 Å². The summed E-state index contributed by atoms with van der Waals surface area (Å²) in [4.78, 5) is 25.1. The second-order valence-electron chi connectivity index (χ2n) is 8.88. The van der Waals surface area contributed by atoms with Gasteiger partial charge in [-0.1, -0.05) is 106 Å². The van der Waals surface area contributed by atoms with Crippen molar-refractivity contribution in [2.45, 2.75) is 90.6 Å². The first-order chi connectivity index (χ1) is 17.0. The van der Waals surface area contributed by atoms with E-state index in [1.54, 1.807) is 24.3 Å². The maximum absolute atomic E-state index is 13.5. The molecule has 0 aliphatic carbocycles. The molecular weight excluding hydrogens is 511 g/mol.